The van der Waals surface area contributed by atoms with Crippen molar-refractivity contribution in [1.29, 1.82) is 0 Å². The number of cyclic esters (lactones) is 4. The number of urea groups is 1. The highest BCUT2D eigenvalue weighted by Crippen LogP contribution is 2.26. The fourth-order valence-corrected chi connectivity index (χ4v) is 3.36. The van der Waals surface area contributed by atoms with Crippen LogP contribution in [0.25, 0.3) is 0 Å². The minimum Gasteiger partial charge on any atom is -0.478 e. The van der Waals surface area contributed by atoms with E-state index in [1.165, 1.54) is 0 Å². The maximum absolute atomic E-state index is 12.5. The van der Waals surface area contributed by atoms with Gasteiger partial charge in [0.15, 0.2) is 0 Å². The highest BCUT2D eigenvalue weighted by Gasteiger charge is 2.35. The molecule has 0 radical (unpaired) electrons. The summed E-state index contributed by atoms with van der Waals surface area (Å²) in [4.78, 5) is 107. The third kappa shape index (κ3) is 3.81. The zero-order valence-electron chi connectivity index (χ0n) is 17.2. The molecule has 180 valence electrons. The molecule has 4 N–H and O–H groups in total. The molecule has 0 fully saturated rings. The van der Waals surface area contributed by atoms with Gasteiger partial charge in [0.1, 0.15) is 0 Å². The first-order chi connectivity index (χ1) is 16.9. The molecule has 0 atom stereocenters. The number of imide groups is 2. The van der Waals surface area contributed by atoms with E-state index in [4.69, 9.17) is 0 Å². The molecular weight excluding hydrogens is 488 g/mol. The molecule has 4 rings (SSSR count). The van der Waals surface area contributed by atoms with E-state index in [1.54, 1.807) is 10.6 Å². The number of ether oxygens (including phenoxy) is 2. The molecule has 4 amide bonds. The van der Waals surface area contributed by atoms with Crippen molar-refractivity contribution in [3.63, 3.8) is 0 Å². The van der Waals surface area contributed by atoms with Gasteiger partial charge in [0.25, 0.3) is 11.8 Å². The van der Waals surface area contributed by atoms with Crippen LogP contribution < -0.4 is 10.6 Å². The number of carboxylic acids is 2. The van der Waals surface area contributed by atoms with E-state index in [0.29, 0.717) is 24.3 Å². The fourth-order valence-electron chi connectivity index (χ4n) is 3.36. The highest BCUT2D eigenvalue weighted by molar-refractivity contribution is 6.21. The summed E-state index contributed by atoms with van der Waals surface area (Å²) < 4.78 is 8.66. The molecule has 0 unspecified atom stereocenters. The summed E-state index contributed by atoms with van der Waals surface area (Å²) in [6, 6.07) is 1.28. The Morgan fingerprint density at radius 2 is 0.806 bits per heavy atom. The average molecular weight is 496 g/mol. The van der Waals surface area contributed by atoms with E-state index in [2.05, 4.69) is 9.47 Å². The number of amides is 4. The molecule has 0 spiro atoms. The van der Waals surface area contributed by atoms with E-state index in [9.17, 15) is 53.4 Å². The lowest BCUT2D eigenvalue weighted by Crippen LogP contribution is -2.43. The SMILES string of the molecule is O=C(NC(=O)c1cc2c(cc1C(=O)O)C(=O)OC2=O)NC(=O)c1cc2c(cc1C(=O)O)C(=O)OC2=O. The Kier molecular flexibility index (Phi) is 5.36. The Morgan fingerprint density at radius 1 is 0.528 bits per heavy atom. The lowest BCUT2D eigenvalue weighted by Gasteiger charge is -2.10. The third-order valence-electron chi connectivity index (χ3n) is 4.97. The zero-order valence-corrected chi connectivity index (χ0v) is 17.2. The lowest BCUT2D eigenvalue weighted by molar-refractivity contribution is 0.0425. The Hall–Kier alpha value is -5.73. The third-order valence-corrected chi connectivity index (χ3v) is 4.97. The van der Waals surface area contributed by atoms with Gasteiger partial charge in [-0.25, -0.2) is 33.6 Å². The molecular formula is C21H8N2O13. The quantitative estimate of drug-likeness (QED) is 0.322. The molecule has 15 nitrogen and oxygen atoms in total. The summed E-state index contributed by atoms with van der Waals surface area (Å²) in [7, 11) is 0. The normalized spacial score (nSPS) is 13.3. The number of hydrogen-bond donors (Lipinski definition) is 4. The smallest absolute Gasteiger partial charge is 0.346 e. The Balaban J connectivity index is 1.59. The number of esters is 4. The van der Waals surface area contributed by atoms with Gasteiger partial charge < -0.3 is 19.7 Å². The van der Waals surface area contributed by atoms with E-state index >= 15 is 0 Å². The van der Waals surface area contributed by atoms with Crippen LogP contribution >= 0.6 is 0 Å². The first-order valence-electron chi connectivity index (χ1n) is 9.41. The summed E-state index contributed by atoms with van der Waals surface area (Å²) >= 11 is 0. The second kappa shape index (κ2) is 8.24. The van der Waals surface area contributed by atoms with Crippen molar-refractivity contribution in [3.05, 3.63) is 68.8 Å². The van der Waals surface area contributed by atoms with Gasteiger partial charge in [-0.1, -0.05) is 0 Å². The van der Waals surface area contributed by atoms with Crippen LogP contribution in [-0.2, 0) is 9.47 Å². The van der Waals surface area contributed by atoms with Crippen LogP contribution in [0.2, 0.25) is 0 Å². The van der Waals surface area contributed by atoms with Crippen molar-refractivity contribution < 1.29 is 62.8 Å². The Morgan fingerprint density at radius 3 is 1.08 bits per heavy atom. The molecule has 0 saturated heterocycles. The molecule has 36 heavy (non-hydrogen) atoms. The molecule has 0 saturated carbocycles. The summed E-state index contributed by atoms with van der Waals surface area (Å²) in [6.45, 7) is 0. The zero-order chi connectivity index (χ0) is 26.5. The van der Waals surface area contributed by atoms with Crippen LogP contribution in [0.5, 0.6) is 0 Å². The van der Waals surface area contributed by atoms with Crippen LogP contribution in [0.1, 0.15) is 82.9 Å². The molecule has 15 heteroatoms. The first kappa shape index (κ1) is 23.4. The predicted molar refractivity (Wildman–Crippen MR) is 107 cm³/mol. The maximum atomic E-state index is 12.5. The second-order valence-electron chi connectivity index (χ2n) is 7.09. The average Bonchev–Trinajstić information content (AvgIpc) is 3.25. The molecule has 0 aliphatic carbocycles. The van der Waals surface area contributed by atoms with Gasteiger partial charge in [0.05, 0.1) is 44.5 Å². The van der Waals surface area contributed by atoms with Crippen LogP contribution in [0.4, 0.5) is 4.79 Å². The van der Waals surface area contributed by atoms with Crippen LogP contribution in [0.3, 0.4) is 0 Å². The summed E-state index contributed by atoms with van der Waals surface area (Å²) in [5, 5.41) is 21.9. The molecule has 2 aliphatic rings. The number of carbonyl (C=O) groups is 9. The summed E-state index contributed by atoms with van der Waals surface area (Å²) in [6.07, 6.45) is 0. The van der Waals surface area contributed by atoms with Crippen LogP contribution in [0.15, 0.2) is 24.3 Å². The number of benzene rings is 2. The molecule has 2 heterocycles. The summed E-state index contributed by atoms with van der Waals surface area (Å²) in [5.74, 6) is -10.8. The second-order valence-corrected chi connectivity index (χ2v) is 7.09. The molecule has 2 aromatic carbocycles. The van der Waals surface area contributed by atoms with E-state index in [0.717, 1.165) is 0 Å². The van der Waals surface area contributed by atoms with Gasteiger partial charge in [-0.05, 0) is 24.3 Å². The van der Waals surface area contributed by atoms with Crippen molar-refractivity contribution >= 4 is 53.7 Å². The lowest BCUT2D eigenvalue weighted by atomic mass is 9.98. The van der Waals surface area contributed by atoms with Gasteiger partial charge >= 0.3 is 41.8 Å². The summed E-state index contributed by atoms with van der Waals surface area (Å²) in [5.41, 5.74) is -4.71. The first-order valence-corrected chi connectivity index (χ1v) is 9.41. The van der Waals surface area contributed by atoms with Gasteiger partial charge in [0, 0.05) is 0 Å². The van der Waals surface area contributed by atoms with E-state index in [-0.39, 0.29) is 0 Å². The fraction of sp³-hybridized carbons (Fsp3) is 0. The van der Waals surface area contributed by atoms with Crippen LogP contribution in [-0.4, -0.2) is 63.9 Å². The van der Waals surface area contributed by atoms with Gasteiger partial charge in [-0.15, -0.1) is 0 Å². The highest BCUT2D eigenvalue weighted by atomic mass is 16.6. The molecule has 2 aromatic rings. The van der Waals surface area contributed by atoms with E-state index < -0.39 is 98.2 Å². The molecule has 0 aromatic heterocycles. The number of nitrogens with one attached hydrogen (secondary N) is 2. The van der Waals surface area contributed by atoms with Crippen molar-refractivity contribution in [3.8, 4) is 0 Å². The minimum atomic E-state index is -1.70. The number of hydrogen-bond acceptors (Lipinski definition) is 11. The van der Waals surface area contributed by atoms with Gasteiger partial charge in [0.2, 0.25) is 0 Å². The van der Waals surface area contributed by atoms with Crippen molar-refractivity contribution in [2.24, 2.45) is 0 Å². The van der Waals surface area contributed by atoms with Gasteiger partial charge in [-0.3, -0.25) is 20.2 Å². The number of carbonyl (C=O) groups excluding carboxylic acids is 7. The Labute approximate surface area is 196 Å². The predicted octanol–water partition coefficient (Wildman–Crippen LogP) is -0.0160. The maximum Gasteiger partial charge on any atom is 0.346 e. The number of aromatic carboxylic acids is 2. The van der Waals surface area contributed by atoms with Gasteiger partial charge in [-0.2, -0.15) is 0 Å². The van der Waals surface area contributed by atoms with Crippen molar-refractivity contribution in [2.45, 2.75) is 0 Å². The number of rotatable bonds is 4. The van der Waals surface area contributed by atoms with E-state index in [1.807, 2.05) is 0 Å². The van der Waals surface area contributed by atoms with Crippen molar-refractivity contribution in [2.75, 3.05) is 0 Å². The standard InChI is InChI=1S/C21H8N2O13/c24-13(5-1-9-11(3-7(5)15(26)27)19(32)35-17(9)30)22-21(34)23-14(25)6-2-10-12(4-8(6)16(28)29)20(33)36-18(10)31/h1-4H,(H,26,27)(H,28,29)(H2,22,23,24,25,34). The molecule has 2 aliphatic heterocycles. The van der Waals surface area contributed by atoms with Crippen LogP contribution in [0, 0.1) is 0 Å². The monoisotopic (exact) mass is 496 g/mol. The minimum absolute atomic E-state index is 0.414. The van der Waals surface area contributed by atoms with Crippen molar-refractivity contribution in [1.82, 2.24) is 10.6 Å². The number of fused-ring (bicyclic) bond motifs is 2. The largest absolute Gasteiger partial charge is 0.478 e. The number of carboxylic acid groups (broad SMARTS) is 2. The Bertz CT molecular complexity index is 1410. The topological polar surface area (TPSA) is 237 Å². The molecule has 0 bridgehead atoms.